The molecule has 1 nitrogen and oxygen atoms in total. The van der Waals surface area contributed by atoms with Gasteiger partial charge in [-0.1, -0.05) is 38.7 Å². The van der Waals surface area contributed by atoms with Crippen molar-refractivity contribution in [2.45, 2.75) is 38.5 Å². The molecule has 1 rings (SSSR count). The van der Waals surface area contributed by atoms with Gasteiger partial charge in [0.25, 0.3) is 0 Å². The molecule has 0 amide bonds. The molecule has 96 valence electrons. The predicted molar refractivity (Wildman–Crippen MR) is 75.8 cm³/mol. The lowest BCUT2D eigenvalue weighted by Gasteiger charge is -2.25. The van der Waals surface area contributed by atoms with Crippen LogP contribution in [0.25, 0.3) is 0 Å². The van der Waals surface area contributed by atoms with Crippen LogP contribution in [0, 0.1) is 5.82 Å². The van der Waals surface area contributed by atoms with E-state index in [1.54, 1.807) is 12.1 Å². The van der Waals surface area contributed by atoms with Crippen molar-refractivity contribution < 1.29 is 4.39 Å². The van der Waals surface area contributed by atoms with Crippen LogP contribution in [0.3, 0.4) is 0 Å². The van der Waals surface area contributed by atoms with E-state index in [-0.39, 0.29) is 5.82 Å². The highest BCUT2D eigenvalue weighted by Gasteiger charge is 2.21. The van der Waals surface area contributed by atoms with E-state index in [2.05, 4.69) is 31.9 Å². The Morgan fingerprint density at radius 1 is 1.18 bits per heavy atom. The van der Waals surface area contributed by atoms with Gasteiger partial charge >= 0.3 is 0 Å². The van der Waals surface area contributed by atoms with Crippen molar-refractivity contribution in [3.05, 3.63) is 35.6 Å². The van der Waals surface area contributed by atoms with E-state index in [1.807, 2.05) is 12.1 Å². The predicted octanol–water partition coefficient (Wildman–Crippen LogP) is 3.86. The van der Waals surface area contributed by atoms with E-state index in [0.29, 0.717) is 5.92 Å². The fourth-order valence-corrected chi connectivity index (χ4v) is 3.96. The number of benzene rings is 1. The van der Waals surface area contributed by atoms with Gasteiger partial charge in [-0.25, -0.2) is 4.39 Å². The number of hydrogen-bond acceptors (Lipinski definition) is 1. The minimum Gasteiger partial charge on any atom is -0.316 e. The summed E-state index contributed by atoms with van der Waals surface area (Å²) in [4.78, 5) is 0. The van der Waals surface area contributed by atoms with Crippen LogP contribution in [0.2, 0.25) is 25.7 Å². The molecule has 1 unspecified atom stereocenters. The lowest BCUT2D eigenvalue weighted by molar-refractivity contribution is 0.614. The van der Waals surface area contributed by atoms with Crippen molar-refractivity contribution in [2.24, 2.45) is 0 Å². The topological polar surface area (TPSA) is 12.0 Å². The molecule has 0 saturated carbocycles. The van der Waals surface area contributed by atoms with E-state index in [9.17, 15) is 4.39 Å². The average molecular weight is 253 g/mol. The number of halogens is 1. The first kappa shape index (κ1) is 14.4. The molecular formula is C14H24FNSi. The molecule has 1 aromatic rings. The molecule has 17 heavy (non-hydrogen) atoms. The van der Waals surface area contributed by atoms with Crippen LogP contribution < -0.4 is 5.32 Å². The second kappa shape index (κ2) is 6.31. The molecule has 0 radical (unpaired) electrons. The van der Waals surface area contributed by atoms with Gasteiger partial charge in [0.05, 0.1) is 0 Å². The van der Waals surface area contributed by atoms with Gasteiger partial charge in [-0.05, 0) is 36.2 Å². The van der Waals surface area contributed by atoms with Gasteiger partial charge in [0.2, 0.25) is 0 Å². The summed E-state index contributed by atoms with van der Waals surface area (Å²) in [7, 11) is -1.10. The average Bonchev–Trinajstić information content (AvgIpc) is 2.24. The van der Waals surface area contributed by atoms with Crippen LogP contribution in [-0.4, -0.2) is 21.2 Å². The summed E-state index contributed by atoms with van der Waals surface area (Å²) in [6, 6.07) is 8.23. The molecule has 0 saturated heterocycles. The van der Waals surface area contributed by atoms with Crippen LogP contribution in [0.4, 0.5) is 4.39 Å². The summed E-state index contributed by atoms with van der Waals surface area (Å²) in [5.74, 6) is 0.367. The van der Waals surface area contributed by atoms with Crippen molar-refractivity contribution in [1.82, 2.24) is 5.32 Å². The second-order valence-corrected chi connectivity index (χ2v) is 11.4. The third kappa shape index (κ3) is 5.46. The third-order valence-electron chi connectivity index (χ3n) is 2.84. The van der Waals surface area contributed by atoms with E-state index in [1.165, 1.54) is 11.6 Å². The van der Waals surface area contributed by atoms with Gasteiger partial charge in [0.15, 0.2) is 0 Å². The summed E-state index contributed by atoms with van der Waals surface area (Å²) >= 11 is 0. The molecule has 0 spiro atoms. The van der Waals surface area contributed by atoms with Crippen LogP contribution >= 0.6 is 0 Å². The summed E-state index contributed by atoms with van der Waals surface area (Å²) in [6.45, 7) is 11.3. The molecule has 0 aliphatic rings. The maximum atomic E-state index is 12.9. The summed E-state index contributed by atoms with van der Waals surface area (Å²) in [5, 5.41) is 3.41. The fraction of sp³-hybridized carbons (Fsp3) is 0.571. The Kier molecular flexibility index (Phi) is 5.34. The quantitative estimate of drug-likeness (QED) is 0.759. The summed E-state index contributed by atoms with van der Waals surface area (Å²) < 4.78 is 12.9. The lowest BCUT2D eigenvalue weighted by Crippen LogP contribution is -2.29. The minimum absolute atomic E-state index is 0.149. The maximum Gasteiger partial charge on any atom is 0.123 e. The largest absolute Gasteiger partial charge is 0.316 e. The van der Waals surface area contributed by atoms with E-state index < -0.39 is 8.07 Å². The summed E-state index contributed by atoms with van der Waals surface area (Å²) in [6.07, 6.45) is 0. The van der Waals surface area contributed by atoms with Crippen LogP contribution in [0.1, 0.15) is 18.4 Å². The SMILES string of the molecule is CCNCC(C[Si](C)(C)C)c1ccc(F)cc1. The number of nitrogens with one attached hydrogen (secondary N) is 1. The molecule has 0 aliphatic carbocycles. The van der Waals surface area contributed by atoms with E-state index in [4.69, 9.17) is 0 Å². The number of rotatable bonds is 6. The van der Waals surface area contributed by atoms with Crippen molar-refractivity contribution in [2.75, 3.05) is 13.1 Å². The molecule has 1 atom stereocenters. The maximum absolute atomic E-state index is 12.9. The Morgan fingerprint density at radius 3 is 2.24 bits per heavy atom. The summed E-state index contributed by atoms with van der Waals surface area (Å²) in [5.41, 5.74) is 1.26. The van der Waals surface area contributed by atoms with Gasteiger partial charge in [-0.3, -0.25) is 0 Å². The van der Waals surface area contributed by atoms with Crippen molar-refractivity contribution in [3.8, 4) is 0 Å². The smallest absolute Gasteiger partial charge is 0.123 e. The van der Waals surface area contributed by atoms with Gasteiger partial charge in [0.1, 0.15) is 5.82 Å². The molecule has 0 aliphatic heterocycles. The van der Waals surface area contributed by atoms with Gasteiger partial charge in [-0.2, -0.15) is 0 Å². The Bertz CT molecular complexity index is 329. The van der Waals surface area contributed by atoms with Gasteiger partial charge < -0.3 is 5.32 Å². The molecule has 0 fully saturated rings. The van der Waals surface area contributed by atoms with E-state index >= 15 is 0 Å². The fourth-order valence-electron chi connectivity index (χ4n) is 2.10. The van der Waals surface area contributed by atoms with Gasteiger partial charge in [0, 0.05) is 14.6 Å². The zero-order valence-corrected chi connectivity index (χ0v) is 12.4. The molecule has 3 heteroatoms. The Labute approximate surface area is 105 Å². The molecule has 0 heterocycles. The van der Waals surface area contributed by atoms with Crippen LogP contribution in [0.5, 0.6) is 0 Å². The normalized spacial score (nSPS) is 13.7. The molecule has 0 aromatic heterocycles. The number of hydrogen-bond donors (Lipinski definition) is 1. The molecule has 1 N–H and O–H groups in total. The van der Waals surface area contributed by atoms with Crippen molar-refractivity contribution in [3.63, 3.8) is 0 Å². The zero-order valence-electron chi connectivity index (χ0n) is 11.4. The first-order chi connectivity index (χ1) is 7.92. The monoisotopic (exact) mass is 253 g/mol. The molecule has 1 aromatic carbocycles. The first-order valence-electron chi connectivity index (χ1n) is 6.38. The highest BCUT2D eigenvalue weighted by Crippen LogP contribution is 2.26. The Morgan fingerprint density at radius 2 is 1.76 bits per heavy atom. The first-order valence-corrected chi connectivity index (χ1v) is 10.1. The number of likely N-dealkylation sites (N-methyl/N-ethyl adjacent to an activating group) is 1. The molecule has 0 bridgehead atoms. The third-order valence-corrected chi connectivity index (χ3v) is 4.56. The highest BCUT2D eigenvalue weighted by molar-refractivity contribution is 6.76. The molecular weight excluding hydrogens is 229 g/mol. The van der Waals surface area contributed by atoms with Crippen molar-refractivity contribution >= 4 is 8.07 Å². The standard InChI is InChI=1S/C14H24FNSi/c1-5-16-10-13(11-17(2,3)4)12-6-8-14(15)9-7-12/h6-9,13,16H,5,10-11H2,1-4H3. The Hall–Kier alpha value is -0.673. The lowest BCUT2D eigenvalue weighted by atomic mass is 10.0. The highest BCUT2D eigenvalue weighted by atomic mass is 28.3. The minimum atomic E-state index is -1.10. The van der Waals surface area contributed by atoms with Crippen molar-refractivity contribution in [1.29, 1.82) is 0 Å². The Balaban J connectivity index is 2.78. The van der Waals surface area contributed by atoms with Gasteiger partial charge in [-0.15, -0.1) is 0 Å². The zero-order chi connectivity index (χ0) is 12.9. The van der Waals surface area contributed by atoms with Crippen LogP contribution in [-0.2, 0) is 0 Å². The van der Waals surface area contributed by atoms with E-state index in [0.717, 1.165) is 13.1 Å². The van der Waals surface area contributed by atoms with Crippen LogP contribution in [0.15, 0.2) is 24.3 Å². The second-order valence-electron chi connectivity index (χ2n) is 5.82.